The topological polar surface area (TPSA) is 37.3 Å². The van der Waals surface area contributed by atoms with Crippen LogP contribution in [0.25, 0.3) is 10.9 Å². The van der Waals surface area contributed by atoms with Crippen molar-refractivity contribution in [2.75, 3.05) is 13.1 Å². The Bertz CT molecular complexity index is 1000. The lowest BCUT2D eigenvalue weighted by Crippen LogP contribution is -2.42. The van der Waals surface area contributed by atoms with Gasteiger partial charge in [-0.1, -0.05) is 31.5 Å². The molecule has 1 aliphatic rings. The van der Waals surface area contributed by atoms with E-state index in [-0.39, 0.29) is 17.9 Å². The molecule has 4 rings (SSSR count). The van der Waals surface area contributed by atoms with E-state index in [9.17, 15) is 4.79 Å². The van der Waals surface area contributed by atoms with Crippen molar-refractivity contribution < 1.29 is 4.79 Å². The third-order valence-corrected chi connectivity index (χ3v) is 7.39. The summed E-state index contributed by atoms with van der Waals surface area (Å²) >= 11 is 7.95. The van der Waals surface area contributed by atoms with E-state index in [0.29, 0.717) is 5.92 Å². The summed E-state index contributed by atoms with van der Waals surface area (Å²) in [4.78, 5) is 16.6. The number of nitrogens with zero attached hydrogens (tertiary/aromatic N) is 2. The minimum atomic E-state index is 0.101. The van der Waals surface area contributed by atoms with Gasteiger partial charge in [0, 0.05) is 46.5 Å². The molecule has 0 unspecified atom stereocenters. The highest BCUT2D eigenvalue weighted by Gasteiger charge is 2.28. The molecule has 1 fully saturated rings. The Kier molecular flexibility index (Phi) is 6.51. The zero-order valence-corrected chi connectivity index (χ0v) is 19.5. The number of carbonyl (C=O) groups excluding carboxylic acids is 1. The zero-order chi connectivity index (χ0) is 21.3. The quantitative estimate of drug-likeness (QED) is 0.536. The van der Waals surface area contributed by atoms with Crippen molar-refractivity contribution in [2.45, 2.75) is 39.3 Å². The standard InChI is InChI=1S/C24H30ClN3OS/c1-16(2)23(22-5-4-12-30-22)26-24(29)17-8-10-28(11-9-17)15-18-14-27(3)21-7-6-19(25)13-20(18)21/h4-7,12-14,16-17,23H,8-11,15H2,1-3H3,(H,26,29)/t23-/m0/s1. The molecule has 6 heteroatoms. The van der Waals surface area contributed by atoms with Gasteiger partial charge in [0.2, 0.25) is 5.91 Å². The van der Waals surface area contributed by atoms with Crippen LogP contribution in [-0.4, -0.2) is 28.5 Å². The summed E-state index contributed by atoms with van der Waals surface area (Å²) in [6.07, 6.45) is 4.02. The highest BCUT2D eigenvalue weighted by Crippen LogP contribution is 2.29. The van der Waals surface area contributed by atoms with Gasteiger partial charge < -0.3 is 9.88 Å². The number of likely N-dealkylation sites (tertiary alicyclic amines) is 1. The van der Waals surface area contributed by atoms with Gasteiger partial charge in [-0.2, -0.15) is 0 Å². The first-order valence-corrected chi connectivity index (χ1v) is 12.0. The van der Waals surface area contributed by atoms with Gasteiger partial charge in [0.1, 0.15) is 0 Å². The van der Waals surface area contributed by atoms with Crippen LogP contribution in [0.3, 0.4) is 0 Å². The van der Waals surface area contributed by atoms with E-state index in [0.717, 1.165) is 37.5 Å². The number of carbonyl (C=O) groups is 1. The van der Waals surface area contributed by atoms with E-state index in [4.69, 9.17) is 11.6 Å². The number of hydrogen-bond acceptors (Lipinski definition) is 3. The van der Waals surface area contributed by atoms with Crippen molar-refractivity contribution >= 4 is 39.7 Å². The maximum atomic E-state index is 12.9. The van der Waals surface area contributed by atoms with Gasteiger partial charge in [-0.05, 0) is 67.1 Å². The Hall–Kier alpha value is -1.82. The van der Waals surface area contributed by atoms with E-state index in [2.05, 4.69) is 71.5 Å². The molecule has 3 heterocycles. The van der Waals surface area contributed by atoms with Gasteiger partial charge in [0.25, 0.3) is 0 Å². The SMILES string of the molecule is CC(C)[C@H](NC(=O)C1CCN(Cc2cn(C)c3ccc(Cl)cc23)CC1)c1cccs1. The summed E-state index contributed by atoms with van der Waals surface area (Å²) in [5, 5.41) is 7.40. The van der Waals surface area contributed by atoms with Crippen LogP contribution < -0.4 is 5.32 Å². The Morgan fingerprint density at radius 3 is 2.70 bits per heavy atom. The molecule has 1 aliphatic heterocycles. The molecule has 160 valence electrons. The lowest BCUT2D eigenvalue weighted by atomic mass is 9.94. The fourth-order valence-corrected chi connectivity index (χ4v) is 5.59. The molecule has 2 aromatic heterocycles. The molecule has 3 aromatic rings. The lowest BCUT2D eigenvalue weighted by Gasteiger charge is -2.32. The summed E-state index contributed by atoms with van der Waals surface area (Å²) < 4.78 is 2.16. The second-order valence-electron chi connectivity index (χ2n) is 8.72. The maximum Gasteiger partial charge on any atom is 0.223 e. The molecule has 0 spiro atoms. The number of benzene rings is 1. The fraction of sp³-hybridized carbons (Fsp3) is 0.458. The summed E-state index contributed by atoms with van der Waals surface area (Å²) in [6, 6.07) is 10.4. The van der Waals surface area contributed by atoms with Crippen LogP contribution in [0.1, 0.15) is 43.2 Å². The molecular formula is C24H30ClN3OS. The number of nitrogens with one attached hydrogen (secondary N) is 1. The van der Waals surface area contributed by atoms with Gasteiger partial charge >= 0.3 is 0 Å². The van der Waals surface area contributed by atoms with Crippen LogP contribution in [0, 0.1) is 11.8 Å². The van der Waals surface area contributed by atoms with E-state index in [1.807, 2.05) is 6.07 Å². The van der Waals surface area contributed by atoms with Crippen LogP contribution in [0.5, 0.6) is 0 Å². The van der Waals surface area contributed by atoms with Crippen molar-refractivity contribution in [1.82, 2.24) is 14.8 Å². The number of aryl methyl sites for hydroxylation is 1. The van der Waals surface area contributed by atoms with Crippen molar-refractivity contribution in [3.63, 3.8) is 0 Å². The second-order valence-corrected chi connectivity index (χ2v) is 10.1. The molecule has 1 amide bonds. The summed E-state index contributed by atoms with van der Waals surface area (Å²) in [7, 11) is 2.08. The number of fused-ring (bicyclic) bond motifs is 1. The Morgan fingerprint density at radius 2 is 2.03 bits per heavy atom. The molecule has 1 aromatic carbocycles. The summed E-state index contributed by atoms with van der Waals surface area (Å²) in [5.41, 5.74) is 2.51. The fourth-order valence-electron chi connectivity index (χ4n) is 4.47. The molecule has 0 radical (unpaired) electrons. The number of halogens is 1. The van der Waals surface area contributed by atoms with Gasteiger partial charge in [0.05, 0.1) is 6.04 Å². The summed E-state index contributed by atoms with van der Waals surface area (Å²) in [6.45, 7) is 7.13. The Morgan fingerprint density at radius 1 is 1.27 bits per heavy atom. The molecule has 0 saturated carbocycles. The van der Waals surface area contributed by atoms with Crippen molar-refractivity contribution in [3.05, 3.63) is 57.4 Å². The van der Waals surface area contributed by atoms with Gasteiger partial charge in [0.15, 0.2) is 0 Å². The van der Waals surface area contributed by atoms with Crippen molar-refractivity contribution in [2.24, 2.45) is 18.9 Å². The molecule has 30 heavy (non-hydrogen) atoms. The molecule has 1 saturated heterocycles. The number of thiophene rings is 1. The van der Waals surface area contributed by atoms with Gasteiger partial charge in [-0.25, -0.2) is 0 Å². The maximum absolute atomic E-state index is 12.9. The van der Waals surface area contributed by atoms with Crippen LogP contribution >= 0.6 is 22.9 Å². The first-order valence-electron chi connectivity index (χ1n) is 10.7. The van der Waals surface area contributed by atoms with Gasteiger partial charge in [-0.3, -0.25) is 9.69 Å². The minimum absolute atomic E-state index is 0.101. The van der Waals surface area contributed by atoms with E-state index < -0.39 is 0 Å². The van der Waals surface area contributed by atoms with E-state index in [1.165, 1.54) is 21.3 Å². The number of amides is 1. The summed E-state index contributed by atoms with van der Waals surface area (Å²) in [5.74, 6) is 0.689. The van der Waals surface area contributed by atoms with Gasteiger partial charge in [-0.15, -0.1) is 11.3 Å². The molecule has 1 atom stereocenters. The van der Waals surface area contributed by atoms with Crippen LogP contribution in [0.2, 0.25) is 5.02 Å². The van der Waals surface area contributed by atoms with Crippen LogP contribution in [-0.2, 0) is 18.4 Å². The van der Waals surface area contributed by atoms with E-state index in [1.54, 1.807) is 11.3 Å². The third-order valence-electron chi connectivity index (χ3n) is 6.20. The average Bonchev–Trinajstić information content (AvgIpc) is 3.35. The predicted octanol–water partition coefficient (Wildman–Crippen LogP) is 5.62. The van der Waals surface area contributed by atoms with E-state index >= 15 is 0 Å². The van der Waals surface area contributed by atoms with Crippen molar-refractivity contribution in [1.29, 1.82) is 0 Å². The average molecular weight is 444 g/mol. The highest BCUT2D eigenvalue weighted by molar-refractivity contribution is 7.10. The monoisotopic (exact) mass is 443 g/mol. The normalized spacial score (nSPS) is 17.0. The third kappa shape index (κ3) is 4.58. The number of hydrogen-bond donors (Lipinski definition) is 1. The number of aromatic nitrogens is 1. The first-order chi connectivity index (χ1) is 14.4. The largest absolute Gasteiger partial charge is 0.350 e. The smallest absolute Gasteiger partial charge is 0.223 e. The first kappa shape index (κ1) is 21.4. The molecule has 1 N–H and O–H groups in total. The number of piperidine rings is 1. The second kappa shape index (κ2) is 9.13. The predicted molar refractivity (Wildman–Crippen MR) is 126 cm³/mol. The number of rotatable bonds is 6. The molecule has 0 aliphatic carbocycles. The van der Waals surface area contributed by atoms with Crippen LogP contribution in [0.15, 0.2) is 41.9 Å². The van der Waals surface area contributed by atoms with Crippen molar-refractivity contribution in [3.8, 4) is 0 Å². The Balaban J connectivity index is 1.36. The zero-order valence-electron chi connectivity index (χ0n) is 17.9. The highest BCUT2D eigenvalue weighted by atomic mass is 35.5. The van der Waals surface area contributed by atoms with Crippen LogP contribution in [0.4, 0.5) is 0 Å². The minimum Gasteiger partial charge on any atom is -0.350 e. The lowest BCUT2D eigenvalue weighted by molar-refractivity contribution is -0.127. The molecule has 0 bridgehead atoms. The Labute approximate surface area is 187 Å². The molecule has 4 nitrogen and oxygen atoms in total. The molecular weight excluding hydrogens is 414 g/mol.